The quantitative estimate of drug-likeness (QED) is 0.810. The normalized spacial score (nSPS) is 28.1. The summed E-state index contributed by atoms with van der Waals surface area (Å²) in [4.78, 5) is 3.95. The van der Waals surface area contributed by atoms with Crippen LogP contribution in [0.5, 0.6) is 0 Å². The highest BCUT2D eigenvalue weighted by Crippen LogP contribution is 2.26. The van der Waals surface area contributed by atoms with Gasteiger partial charge in [0, 0.05) is 12.6 Å². The fraction of sp³-hybridized carbons (Fsp3) is 0.700. The Hall–Kier alpha value is -0.540. The molecule has 0 bridgehead atoms. The van der Waals surface area contributed by atoms with Crippen LogP contribution in [0.15, 0.2) is 10.4 Å². The van der Waals surface area contributed by atoms with Crippen LogP contribution in [-0.2, 0) is 14.8 Å². The van der Waals surface area contributed by atoms with Gasteiger partial charge in [0.1, 0.15) is 0 Å². The van der Waals surface area contributed by atoms with E-state index >= 15 is 0 Å². The number of hydrogen-bond donors (Lipinski definition) is 2. The molecule has 2 rings (SSSR count). The number of nitrogens with one attached hydrogen (secondary N) is 1. The summed E-state index contributed by atoms with van der Waals surface area (Å²) in [5, 5.41) is 0.717. The molecule has 3 atom stereocenters. The van der Waals surface area contributed by atoms with Crippen molar-refractivity contribution in [3.63, 3.8) is 0 Å². The highest BCUT2D eigenvalue weighted by atomic mass is 32.2. The molecule has 1 aromatic heterocycles. The standard InChI is InChI=1S/C10H17N3O3S2/c1-3-16-8-4-7(11)10(8)13-18(14,15)9-5-12-6(2)17-9/h5,7-8,10,13H,3-4,11H2,1-2H3. The summed E-state index contributed by atoms with van der Waals surface area (Å²) in [5.74, 6) is 0. The lowest BCUT2D eigenvalue weighted by Gasteiger charge is -2.41. The highest BCUT2D eigenvalue weighted by Gasteiger charge is 2.42. The SMILES string of the molecule is CCOC1CC(N)C1NS(=O)(=O)c1cnc(C)s1. The first-order chi connectivity index (χ1) is 8.44. The number of hydrogen-bond acceptors (Lipinski definition) is 6. The van der Waals surface area contributed by atoms with E-state index in [0.29, 0.717) is 13.0 Å². The van der Waals surface area contributed by atoms with Crippen LogP contribution >= 0.6 is 11.3 Å². The molecule has 0 spiro atoms. The number of rotatable bonds is 5. The first kappa shape index (κ1) is 13.9. The summed E-state index contributed by atoms with van der Waals surface area (Å²) in [6.07, 6.45) is 1.92. The number of thiazole rings is 1. The van der Waals surface area contributed by atoms with Crippen molar-refractivity contribution in [1.82, 2.24) is 9.71 Å². The van der Waals surface area contributed by atoms with Crippen LogP contribution in [0.3, 0.4) is 0 Å². The van der Waals surface area contributed by atoms with Gasteiger partial charge in [-0.25, -0.2) is 18.1 Å². The highest BCUT2D eigenvalue weighted by molar-refractivity contribution is 7.91. The lowest BCUT2D eigenvalue weighted by atomic mass is 9.84. The van der Waals surface area contributed by atoms with Gasteiger partial charge in [-0.15, -0.1) is 11.3 Å². The van der Waals surface area contributed by atoms with Crippen molar-refractivity contribution in [3.8, 4) is 0 Å². The Balaban J connectivity index is 2.08. The molecule has 1 fully saturated rings. The lowest BCUT2D eigenvalue weighted by Crippen LogP contribution is -2.64. The molecule has 102 valence electrons. The van der Waals surface area contributed by atoms with Crippen LogP contribution in [0, 0.1) is 6.92 Å². The third kappa shape index (κ3) is 2.72. The number of aryl methyl sites for hydroxylation is 1. The van der Waals surface area contributed by atoms with Gasteiger partial charge in [0.15, 0.2) is 4.21 Å². The monoisotopic (exact) mass is 291 g/mol. The molecule has 18 heavy (non-hydrogen) atoms. The van der Waals surface area contributed by atoms with Crippen molar-refractivity contribution in [3.05, 3.63) is 11.2 Å². The Morgan fingerprint density at radius 1 is 1.67 bits per heavy atom. The van der Waals surface area contributed by atoms with Gasteiger partial charge in [0.25, 0.3) is 10.0 Å². The van der Waals surface area contributed by atoms with E-state index < -0.39 is 10.0 Å². The van der Waals surface area contributed by atoms with Crippen LogP contribution in [-0.4, -0.2) is 38.2 Å². The maximum atomic E-state index is 12.1. The van der Waals surface area contributed by atoms with Gasteiger partial charge in [-0.05, 0) is 20.3 Å². The molecule has 6 nitrogen and oxygen atoms in total. The van der Waals surface area contributed by atoms with E-state index in [4.69, 9.17) is 10.5 Å². The predicted molar refractivity (Wildman–Crippen MR) is 69.0 cm³/mol. The Bertz CT molecular complexity index is 512. The van der Waals surface area contributed by atoms with E-state index in [1.807, 2.05) is 6.92 Å². The molecule has 3 unspecified atom stereocenters. The number of aromatic nitrogens is 1. The van der Waals surface area contributed by atoms with Crippen LogP contribution in [0.1, 0.15) is 18.4 Å². The molecule has 0 radical (unpaired) electrons. The van der Waals surface area contributed by atoms with Crippen LogP contribution < -0.4 is 10.5 Å². The predicted octanol–water partition coefficient (Wildman–Crippen LogP) is 0.235. The molecular weight excluding hydrogens is 274 g/mol. The second-order valence-corrected chi connectivity index (χ2v) is 7.41. The molecule has 0 aliphatic heterocycles. The minimum atomic E-state index is -3.54. The summed E-state index contributed by atoms with van der Waals surface area (Å²) in [6.45, 7) is 4.19. The molecule has 1 heterocycles. The Morgan fingerprint density at radius 2 is 2.39 bits per heavy atom. The molecule has 0 saturated heterocycles. The maximum Gasteiger partial charge on any atom is 0.252 e. The zero-order valence-electron chi connectivity index (χ0n) is 10.3. The van der Waals surface area contributed by atoms with E-state index in [1.165, 1.54) is 6.20 Å². The van der Waals surface area contributed by atoms with E-state index in [2.05, 4.69) is 9.71 Å². The van der Waals surface area contributed by atoms with Gasteiger partial charge in [-0.1, -0.05) is 0 Å². The fourth-order valence-electron chi connectivity index (χ4n) is 1.89. The lowest BCUT2D eigenvalue weighted by molar-refractivity contribution is -0.0248. The molecule has 1 aromatic rings. The van der Waals surface area contributed by atoms with Gasteiger partial charge in [-0.2, -0.15) is 0 Å². The van der Waals surface area contributed by atoms with Gasteiger partial charge in [0.05, 0.1) is 23.4 Å². The zero-order chi connectivity index (χ0) is 13.3. The van der Waals surface area contributed by atoms with Crippen molar-refractivity contribution >= 4 is 21.4 Å². The van der Waals surface area contributed by atoms with Gasteiger partial charge >= 0.3 is 0 Å². The summed E-state index contributed by atoms with van der Waals surface area (Å²) in [7, 11) is -3.54. The number of nitrogens with zero attached hydrogens (tertiary/aromatic N) is 1. The molecule has 0 aromatic carbocycles. The molecular formula is C10H17N3O3S2. The summed E-state index contributed by atoms with van der Waals surface area (Å²) in [5.41, 5.74) is 5.81. The van der Waals surface area contributed by atoms with Crippen molar-refractivity contribution in [1.29, 1.82) is 0 Å². The minimum Gasteiger partial charge on any atom is -0.377 e. The van der Waals surface area contributed by atoms with Crippen molar-refractivity contribution in [2.24, 2.45) is 5.73 Å². The molecule has 3 N–H and O–H groups in total. The van der Waals surface area contributed by atoms with Crippen molar-refractivity contribution in [2.75, 3.05) is 6.61 Å². The first-order valence-corrected chi connectivity index (χ1v) is 8.06. The van der Waals surface area contributed by atoms with E-state index in [0.717, 1.165) is 16.3 Å². The molecule has 1 aliphatic rings. The Kier molecular flexibility index (Phi) is 4.02. The average Bonchev–Trinajstić information content (AvgIpc) is 2.74. The molecule has 1 saturated carbocycles. The summed E-state index contributed by atoms with van der Waals surface area (Å²) in [6, 6.07) is -0.539. The number of sulfonamides is 1. The maximum absolute atomic E-state index is 12.1. The summed E-state index contributed by atoms with van der Waals surface area (Å²) >= 11 is 1.14. The number of ether oxygens (including phenoxy) is 1. The third-order valence-corrected chi connectivity index (χ3v) is 5.74. The van der Waals surface area contributed by atoms with Gasteiger partial charge < -0.3 is 10.5 Å². The van der Waals surface area contributed by atoms with Crippen molar-refractivity contribution in [2.45, 2.75) is 42.7 Å². The minimum absolute atomic E-state index is 0.131. The third-order valence-electron chi connectivity index (χ3n) is 2.90. The van der Waals surface area contributed by atoms with Gasteiger partial charge in [-0.3, -0.25) is 0 Å². The van der Waals surface area contributed by atoms with Gasteiger partial charge in [0.2, 0.25) is 0 Å². The smallest absolute Gasteiger partial charge is 0.252 e. The van der Waals surface area contributed by atoms with E-state index in [-0.39, 0.29) is 22.4 Å². The van der Waals surface area contributed by atoms with Crippen LogP contribution in [0.4, 0.5) is 0 Å². The second kappa shape index (κ2) is 5.22. The van der Waals surface area contributed by atoms with Crippen LogP contribution in [0.2, 0.25) is 0 Å². The zero-order valence-corrected chi connectivity index (χ0v) is 11.9. The first-order valence-electron chi connectivity index (χ1n) is 5.76. The largest absolute Gasteiger partial charge is 0.377 e. The molecule has 8 heteroatoms. The van der Waals surface area contributed by atoms with E-state index in [9.17, 15) is 8.42 Å². The van der Waals surface area contributed by atoms with E-state index in [1.54, 1.807) is 6.92 Å². The topological polar surface area (TPSA) is 94.3 Å². The number of nitrogens with two attached hydrogens (primary N) is 1. The van der Waals surface area contributed by atoms with Crippen molar-refractivity contribution < 1.29 is 13.2 Å². The second-order valence-electron chi connectivity index (χ2n) is 4.24. The molecule has 0 amide bonds. The fourth-order valence-corrected chi connectivity index (χ4v) is 4.33. The average molecular weight is 291 g/mol. The Morgan fingerprint density at radius 3 is 2.89 bits per heavy atom. The summed E-state index contributed by atoms with van der Waals surface area (Å²) < 4.78 is 32.4. The van der Waals surface area contributed by atoms with Crippen LogP contribution in [0.25, 0.3) is 0 Å². The molecule has 1 aliphatic carbocycles. The Labute approximate surface area is 111 Å².